The number of aromatic nitrogens is 2. The summed E-state index contributed by atoms with van der Waals surface area (Å²) in [4.78, 5) is 33.8. The van der Waals surface area contributed by atoms with E-state index in [4.69, 9.17) is 0 Å². The van der Waals surface area contributed by atoms with Crippen molar-refractivity contribution in [3.05, 3.63) is 12.4 Å². The molecule has 2 N–H and O–H groups in total. The summed E-state index contributed by atoms with van der Waals surface area (Å²) in [6.45, 7) is 8.11. The third-order valence-corrected chi connectivity index (χ3v) is 4.23. The first kappa shape index (κ1) is 18.2. The number of nitrogens with one attached hydrogen (secondary N) is 2. The lowest BCUT2D eigenvalue weighted by molar-refractivity contribution is -0.124. The van der Waals surface area contributed by atoms with E-state index in [1.807, 2.05) is 13.8 Å². The Morgan fingerprint density at radius 1 is 1.25 bits per heavy atom. The molecule has 2 heterocycles. The van der Waals surface area contributed by atoms with Crippen molar-refractivity contribution in [1.82, 2.24) is 15.3 Å². The van der Waals surface area contributed by atoms with Crippen molar-refractivity contribution in [1.29, 1.82) is 0 Å². The molecule has 24 heavy (non-hydrogen) atoms. The summed E-state index contributed by atoms with van der Waals surface area (Å²) in [5.41, 5.74) is 0.622. The van der Waals surface area contributed by atoms with Gasteiger partial charge >= 0.3 is 0 Å². The van der Waals surface area contributed by atoms with Gasteiger partial charge in [-0.3, -0.25) is 9.59 Å². The molecule has 1 fully saturated rings. The van der Waals surface area contributed by atoms with Crippen LogP contribution in [0.15, 0.2) is 12.4 Å². The van der Waals surface area contributed by atoms with Crippen LogP contribution in [0.2, 0.25) is 0 Å². The first-order valence-corrected chi connectivity index (χ1v) is 8.64. The Labute approximate surface area is 143 Å². The second kappa shape index (κ2) is 8.61. The predicted molar refractivity (Wildman–Crippen MR) is 93.7 cm³/mol. The minimum Gasteiger partial charge on any atom is -0.356 e. The van der Waals surface area contributed by atoms with Gasteiger partial charge in [0.05, 0.1) is 18.1 Å². The van der Waals surface area contributed by atoms with Crippen molar-refractivity contribution < 1.29 is 9.59 Å². The van der Waals surface area contributed by atoms with Gasteiger partial charge in [-0.1, -0.05) is 20.8 Å². The number of anilines is 2. The number of nitrogens with zero attached hydrogens (tertiary/aromatic N) is 3. The normalized spacial score (nSPS) is 15.4. The minimum absolute atomic E-state index is 0.0326. The SMILES string of the molecule is CCC(=O)Nc1cnc(N2CCC(CNC(=O)C(C)C)CC2)nc1. The fourth-order valence-electron chi connectivity index (χ4n) is 2.58. The summed E-state index contributed by atoms with van der Waals surface area (Å²) in [6, 6.07) is 0. The second-order valence-corrected chi connectivity index (χ2v) is 6.50. The van der Waals surface area contributed by atoms with Crippen molar-refractivity contribution in [3.8, 4) is 0 Å². The molecule has 1 aromatic rings. The number of hydrogen-bond acceptors (Lipinski definition) is 5. The minimum atomic E-state index is -0.0457. The molecular formula is C17H27N5O2. The van der Waals surface area contributed by atoms with Gasteiger partial charge in [-0.15, -0.1) is 0 Å². The molecule has 2 amide bonds. The summed E-state index contributed by atoms with van der Waals surface area (Å²) in [7, 11) is 0. The van der Waals surface area contributed by atoms with Crippen molar-refractivity contribution in [2.75, 3.05) is 29.9 Å². The molecule has 0 aliphatic carbocycles. The molecule has 0 atom stereocenters. The molecule has 0 bridgehead atoms. The Kier molecular flexibility index (Phi) is 6.52. The molecule has 0 radical (unpaired) electrons. The molecule has 1 saturated heterocycles. The van der Waals surface area contributed by atoms with Crippen LogP contribution in [0.4, 0.5) is 11.6 Å². The average Bonchev–Trinajstić information content (AvgIpc) is 2.60. The molecular weight excluding hydrogens is 306 g/mol. The Hall–Kier alpha value is -2.18. The van der Waals surface area contributed by atoms with Gasteiger partial charge in [-0.05, 0) is 18.8 Å². The summed E-state index contributed by atoms with van der Waals surface area (Å²) >= 11 is 0. The third kappa shape index (κ3) is 5.18. The lowest BCUT2D eigenvalue weighted by Crippen LogP contribution is -2.40. The maximum absolute atomic E-state index is 11.6. The zero-order valence-corrected chi connectivity index (χ0v) is 14.7. The number of hydrogen-bond donors (Lipinski definition) is 2. The Bertz CT molecular complexity index is 551. The van der Waals surface area contributed by atoms with E-state index in [9.17, 15) is 9.59 Å². The van der Waals surface area contributed by atoms with E-state index >= 15 is 0 Å². The molecule has 1 aliphatic heterocycles. The van der Waals surface area contributed by atoms with Gasteiger partial charge in [0.1, 0.15) is 0 Å². The van der Waals surface area contributed by atoms with Crippen LogP contribution >= 0.6 is 0 Å². The zero-order chi connectivity index (χ0) is 17.5. The highest BCUT2D eigenvalue weighted by Crippen LogP contribution is 2.20. The van der Waals surface area contributed by atoms with Crippen LogP contribution in [-0.4, -0.2) is 41.4 Å². The first-order valence-electron chi connectivity index (χ1n) is 8.64. The van der Waals surface area contributed by atoms with Crippen LogP contribution in [0.3, 0.4) is 0 Å². The highest BCUT2D eigenvalue weighted by atomic mass is 16.2. The summed E-state index contributed by atoms with van der Waals surface area (Å²) < 4.78 is 0. The van der Waals surface area contributed by atoms with E-state index in [0.717, 1.165) is 32.5 Å². The molecule has 0 unspecified atom stereocenters. The van der Waals surface area contributed by atoms with E-state index in [2.05, 4.69) is 25.5 Å². The van der Waals surface area contributed by atoms with E-state index in [0.29, 0.717) is 24.0 Å². The monoisotopic (exact) mass is 333 g/mol. The zero-order valence-electron chi connectivity index (χ0n) is 14.7. The van der Waals surface area contributed by atoms with E-state index in [1.54, 1.807) is 19.3 Å². The fraction of sp³-hybridized carbons (Fsp3) is 0.647. The van der Waals surface area contributed by atoms with Crippen molar-refractivity contribution >= 4 is 23.5 Å². The average molecular weight is 333 g/mol. The van der Waals surface area contributed by atoms with Crippen molar-refractivity contribution in [2.45, 2.75) is 40.0 Å². The van der Waals surface area contributed by atoms with Gasteiger partial charge in [0.25, 0.3) is 0 Å². The molecule has 1 aliphatic rings. The predicted octanol–water partition coefficient (Wildman–Crippen LogP) is 1.81. The number of rotatable bonds is 6. The molecule has 0 saturated carbocycles. The van der Waals surface area contributed by atoms with Gasteiger partial charge in [-0.25, -0.2) is 9.97 Å². The van der Waals surface area contributed by atoms with Crippen LogP contribution in [0.1, 0.15) is 40.0 Å². The van der Waals surface area contributed by atoms with Crippen molar-refractivity contribution in [2.24, 2.45) is 11.8 Å². The Morgan fingerprint density at radius 2 is 1.88 bits per heavy atom. The maximum Gasteiger partial charge on any atom is 0.225 e. The van der Waals surface area contributed by atoms with Gasteiger partial charge in [0, 0.05) is 32.0 Å². The second-order valence-electron chi connectivity index (χ2n) is 6.50. The Balaban J connectivity index is 1.79. The number of piperidine rings is 1. The summed E-state index contributed by atoms with van der Waals surface area (Å²) in [5, 5.41) is 5.75. The standard InChI is InChI=1S/C17H27N5O2/c1-4-15(23)21-14-10-19-17(20-11-14)22-7-5-13(6-8-22)9-18-16(24)12(2)3/h10-13H,4-9H2,1-3H3,(H,18,24)(H,21,23). The topological polar surface area (TPSA) is 87.2 Å². The largest absolute Gasteiger partial charge is 0.356 e. The molecule has 7 nitrogen and oxygen atoms in total. The van der Waals surface area contributed by atoms with Crippen molar-refractivity contribution in [3.63, 3.8) is 0 Å². The summed E-state index contributed by atoms with van der Waals surface area (Å²) in [5.74, 6) is 1.30. The fourth-order valence-corrected chi connectivity index (χ4v) is 2.58. The Morgan fingerprint density at radius 3 is 2.42 bits per heavy atom. The number of carbonyl (C=O) groups excluding carboxylic acids is 2. The van der Waals surface area contributed by atoms with Crippen LogP contribution < -0.4 is 15.5 Å². The molecule has 7 heteroatoms. The molecule has 132 valence electrons. The van der Waals surface area contributed by atoms with Gasteiger partial charge < -0.3 is 15.5 Å². The van der Waals surface area contributed by atoms with Crippen LogP contribution in [-0.2, 0) is 9.59 Å². The van der Waals surface area contributed by atoms with Crippen LogP contribution in [0.25, 0.3) is 0 Å². The van der Waals surface area contributed by atoms with Gasteiger partial charge in [0.2, 0.25) is 17.8 Å². The quantitative estimate of drug-likeness (QED) is 0.829. The first-order chi connectivity index (χ1) is 11.5. The smallest absolute Gasteiger partial charge is 0.225 e. The van der Waals surface area contributed by atoms with Gasteiger partial charge in [-0.2, -0.15) is 0 Å². The van der Waals surface area contributed by atoms with E-state index in [1.165, 1.54) is 0 Å². The summed E-state index contributed by atoms with van der Waals surface area (Å²) in [6.07, 6.45) is 5.74. The number of carbonyl (C=O) groups is 2. The molecule has 0 aromatic carbocycles. The van der Waals surface area contributed by atoms with Crippen LogP contribution in [0, 0.1) is 11.8 Å². The highest BCUT2D eigenvalue weighted by molar-refractivity contribution is 5.90. The molecule has 0 spiro atoms. The van der Waals surface area contributed by atoms with Crippen LogP contribution in [0.5, 0.6) is 0 Å². The molecule has 1 aromatic heterocycles. The maximum atomic E-state index is 11.6. The highest BCUT2D eigenvalue weighted by Gasteiger charge is 2.21. The lowest BCUT2D eigenvalue weighted by atomic mass is 9.97. The third-order valence-electron chi connectivity index (χ3n) is 4.23. The number of amides is 2. The van der Waals surface area contributed by atoms with Gasteiger partial charge in [0.15, 0.2) is 0 Å². The van der Waals surface area contributed by atoms with E-state index in [-0.39, 0.29) is 17.7 Å². The van der Waals surface area contributed by atoms with E-state index < -0.39 is 0 Å². The lowest BCUT2D eigenvalue weighted by Gasteiger charge is -2.32. The molecule has 2 rings (SSSR count).